The van der Waals surface area contributed by atoms with Gasteiger partial charge in [-0.25, -0.2) is 4.79 Å². The number of aliphatic hydroxyl groups excluding tert-OH is 1. The van der Waals surface area contributed by atoms with Gasteiger partial charge in [-0.1, -0.05) is 30.3 Å². The van der Waals surface area contributed by atoms with Crippen molar-refractivity contribution in [2.24, 2.45) is 0 Å². The second-order valence-corrected chi connectivity index (χ2v) is 7.15. The maximum absolute atomic E-state index is 12.1. The number of nitrogens with zero attached hydrogens (tertiary/aromatic N) is 1. The van der Waals surface area contributed by atoms with Gasteiger partial charge in [-0.3, -0.25) is 4.79 Å². The maximum Gasteiger partial charge on any atom is 0.408 e. The molecule has 1 heterocycles. The van der Waals surface area contributed by atoms with E-state index in [1.807, 2.05) is 35.2 Å². The predicted molar refractivity (Wildman–Crippen MR) is 94.8 cm³/mol. The summed E-state index contributed by atoms with van der Waals surface area (Å²) in [5.41, 5.74) is 0.455. The first-order chi connectivity index (χ1) is 11.8. The zero-order valence-corrected chi connectivity index (χ0v) is 14.9. The molecule has 1 aromatic carbocycles. The lowest BCUT2D eigenvalue weighted by molar-refractivity contribution is -0.116. The second-order valence-electron chi connectivity index (χ2n) is 7.15. The number of ether oxygens (including phenoxy) is 1. The SMILES string of the molecule is CC(C)(C)OC(=O)N[C@H](CO)[C@H]1CC(=O)C=CN1Cc1ccccc1. The summed E-state index contributed by atoms with van der Waals surface area (Å²) >= 11 is 0. The lowest BCUT2D eigenvalue weighted by Crippen LogP contribution is -2.54. The molecule has 2 rings (SSSR count). The highest BCUT2D eigenvalue weighted by Gasteiger charge is 2.32. The van der Waals surface area contributed by atoms with Gasteiger partial charge in [0.15, 0.2) is 5.78 Å². The van der Waals surface area contributed by atoms with Crippen LogP contribution in [0.25, 0.3) is 0 Å². The summed E-state index contributed by atoms with van der Waals surface area (Å²) in [7, 11) is 0. The molecule has 0 saturated heterocycles. The number of amides is 1. The van der Waals surface area contributed by atoms with E-state index < -0.39 is 17.7 Å². The molecule has 136 valence electrons. The molecule has 0 bridgehead atoms. The van der Waals surface area contributed by atoms with Gasteiger partial charge in [0.05, 0.1) is 18.7 Å². The molecule has 1 amide bonds. The van der Waals surface area contributed by atoms with Crippen molar-refractivity contribution in [3.63, 3.8) is 0 Å². The Kier molecular flexibility index (Phi) is 6.20. The van der Waals surface area contributed by atoms with Gasteiger partial charge in [-0.05, 0) is 32.4 Å². The van der Waals surface area contributed by atoms with E-state index in [0.29, 0.717) is 6.54 Å². The molecule has 1 aromatic rings. The van der Waals surface area contributed by atoms with Crippen molar-refractivity contribution >= 4 is 11.9 Å². The minimum absolute atomic E-state index is 0.0289. The minimum atomic E-state index is -0.629. The Balaban J connectivity index is 2.11. The average molecular weight is 346 g/mol. The fourth-order valence-corrected chi connectivity index (χ4v) is 2.74. The quantitative estimate of drug-likeness (QED) is 0.855. The van der Waals surface area contributed by atoms with E-state index in [2.05, 4.69) is 5.32 Å². The van der Waals surface area contributed by atoms with Gasteiger partial charge in [0.25, 0.3) is 0 Å². The molecule has 0 radical (unpaired) electrons. The number of benzene rings is 1. The van der Waals surface area contributed by atoms with Gasteiger partial charge in [-0.15, -0.1) is 0 Å². The van der Waals surface area contributed by atoms with E-state index in [1.54, 1.807) is 27.0 Å². The second kappa shape index (κ2) is 8.16. The maximum atomic E-state index is 12.1. The molecule has 6 nitrogen and oxygen atoms in total. The van der Waals surface area contributed by atoms with Gasteiger partial charge in [-0.2, -0.15) is 0 Å². The number of allylic oxidation sites excluding steroid dienone is 1. The molecule has 0 aromatic heterocycles. The third kappa shape index (κ3) is 5.90. The summed E-state index contributed by atoms with van der Waals surface area (Å²) in [5, 5.41) is 12.5. The van der Waals surface area contributed by atoms with E-state index in [4.69, 9.17) is 4.74 Å². The van der Waals surface area contributed by atoms with Gasteiger partial charge in [0.1, 0.15) is 5.60 Å². The highest BCUT2D eigenvalue weighted by atomic mass is 16.6. The van der Waals surface area contributed by atoms with Crippen molar-refractivity contribution in [2.75, 3.05) is 6.61 Å². The van der Waals surface area contributed by atoms with Crippen LogP contribution in [0.5, 0.6) is 0 Å². The predicted octanol–water partition coefficient (Wildman–Crippen LogP) is 2.23. The average Bonchev–Trinajstić information content (AvgIpc) is 2.54. The molecule has 0 spiro atoms. The summed E-state index contributed by atoms with van der Waals surface area (Å²) in [4.78, 5) is 25.9. The normalized spacial score (nSPS) is 18.8. The highest BCUT2D eigenvalue weighted by Crippen LogP contribution is 2.20. The first kappa shape index (κ1) is 19.0. The van der Waals surface area contributed by atoms with Crippen molar-refractivity contribution < 1.29 is 19.4 Å². The highest BCUT2D eigenvalue weighted by molar-refractivity contribution is 5.91. The van der Waals surface area contributed by atoms with Gasteiger partial charge >= 0.3 is 6.09 Å². The standard InChI is InChI=1S/C19H26N2O4/c1-19(2,3)25-18(24)20-16(13-22)17-11-15(23)9-10-21(17)12-14-7-5-4-6-8-14/h4-10,16-17,22H,11-13H2,1-3H3,(H,20,24)/t16-,17-/m1/s1. The summed E-state index contributed by atoms with van der Waals surface area (Å²) < 4.78 is 5.26. The number of aliphatic hydroxyl groups is 1. The number of alkyl carbamates (subject to hydrolysis) is 1. The van der Waals surface area contributed by atoms with Gasteiger partial charge in [0.2, 0.25) is 0 Å². The van der Waals surface area contributed by atoms with Crippen molar-refractivity contribution in [3.05, 3.63) is 48.2 Å². The lowest BCUT2D eigenvalue weighted by Gasteiger charge is -2.38. The Bertz CT molecular complexity index is 622. The Morgan fingerprint density at radius 2 is 2.04 bits per heavy atom. The molecule has 0 unspecified atom stereocenters. The molecule has 0 aliphatic carbocycles. The lowest BCUT2D eigenvalue weighted by atomic mass is 9.97. The minimum Gasteiger partial charge on any atom is -0.444 e. The van der Waals surface area contributed by atoms with Crippen molar-refractivity contribution in [1.29, 1.82) is 0 Å². The summed E-state index contributed by atoms with van der Waals surface area (Å²) in [5.74, 6) is -0.0289. The van der Waals surface area contributed by atoms with Crippen molar-refractivity contribution in [2.45, 2.75) is 51.4 Å². The number of hydrogen-bond donors (Lipinski definition) is 2. The van der Waals surface area contributed by atoms with Crippen LogP contribution in [0.4, 0.5) is 4.79 Å². The van der Waals surface area contributed by atoms with Crippen LogP contribution in [0.1, 0.15) is 32.8 Å². The van der Waals surface area contributed by atoms with Crippen LogP contribution in [0, 0.1) is 0 Å². The van der Waals surface area contributed by atoms with Crippen molar-refractivity contribution in [1.82, 2.24) is 10.2 Å². The van der Waals surface area contributed by atoms with Crippen LogP contribution in [-0.2, 0) is 16.1 Å². The molecule has 0 saturated carbocycles. The molecule has 25 heavy (non-hydrogen) atoms. The molecular weight excluding hydrogens is 320 g/mol. The first-order valence-electron chi connectivity index (χ1n) is 8.39. The first-order valence-corrected chi connectivity index (χ1v) is 8.39. The Morgan fingerprint density at radius 3 is 2.64 bits per heavy atom. The van der Waals surface area contributed by atoms with Crippen LogP contribution >= 0.6 is 0 Å². The number of rotatable bonds is 5. The Hall–Kier alpha value is -2.34. The smallest absolute Gasteiger partial charge is 0.408 e. The fraction of sp³-hybridized carbons (Fsp3) is 0.474. The fourth-order valence-electron chi connectivity index (χ4n) is 2.74. The topological polar surface area (TPSA) is 78.9 Å². The van der Waals surface area contributed by atoms with E-state index in [9.17, 15) is 14.7 Å². The number of ketones is 1. The largest absolute Gasteiger partial charge is 0.444 e. The van der Waals surface area contributed by atoms with Crippen LogP contribution in [0.15, 0.2) is 42.6 Å². The van der Waals surface area contributed by atoms with Crippen LogP contribution < -0.4 is 5.32 Å². The molecule has 6 heteroatoms. The Labute approximate surface area is 148 Å². The van der Waals surface area contributed by atoms with E-state index >= 15 is 0 Å². The molecule has 1 aliphatic rings. The number of nitrogens with one attached hydrogen (secondary N) is 1. The zero-order chi connectivity index (χ0) is 18.4. The van der Waals surface area contributed by atoms with Crippen LogP contribution in [0.2, 0.25) is 0 Å². The molecule has 2 N–H and O–H groups in total. The molecule has 2 atom stereocenters. The van der Waals surface area contributed by atoms with E-state index in [-0.39, 0.29) is 24.9 Å². The van der Waals surface area contributed by atoms with Gasteiger partial charge in [0, 0.05) is 19.2 Å². The monoisotopic (exact) mass is 346 g/mol. The van der Waals surface area contributed by atoms with Crippen molar-refractivity contribution in [3.8, 4) is 0 Å². The summed E-state index contributed by atoms with van der Waals surface area (Å²) in [6.07, 6.45) is 2.88. The zero-order valence-electron chi connectivity index (χ0n) is 14.9. The molecule has 0 fully saturated rings. The third-order valence-electron chi connectivity index (χ3n) is 3.86. The third-order valence-corrected chi connectivity index (χ3v) is 3.86. The Morgan fingerprint density at radius 1 is 1.36 bits per heavy atom. The van der Waals surface area contributed by atoms with Crippen LogP contribution in [-0.4, -0.2) is 46.2 Å². The van der Waals surface area contributed by atoms with Crippen LogP contribution in [0.3, 0.4) is 0 Å². The van der Waals surface area contributed by atoms with E-state index in [1.165, 1.54) is 6.08 Å². The summed E-state index contributed by atoms with van der Waals surface area (Å²) in [6.45, 7) is 5.62. The van der Waals surface area contributed by atoms with E-state index in [0.717, 1.165) is 5.56 Å². The van der Waals surface area contributed by atoms with Gasteiger partial charge < -0.3 is 20.1 Å². The summed E-state index contributed by atoms with van der Waals surface area (Å²) in [6, 6.07) is 8.89. The number of carbonyl (C=O) groups excluding carboxylic acids is 2. The number of hydrogen-bond acceptors (Lipinski definition) is 5. The number of carbonyl (C=O) groups is 2. The molecular formula is C19H26N2O4. The molecule has 1 aliphatic heterocycles.